The van der Waals surface area contributed by atoms with Gasteiger partial charge in [0.25, 0.3) is 0 Å². The van der Waals surface area contributed by atoms with E-state index in [1.54, 1.807) is 0 Å². The first-order valence-electron chi connectivity index (χ1n) is 25.1. The van der Waals surface area contributed by atoms with E-state index >= 15 is 0 Å². The molecule has 0 fully saturated rings. The average molecular weight is 857 g/mol. The van der Waals surface area contributed by atoms with Crippen molar-refractivity contribution in [2.24, 2.45) is 0 Å². The van der Waals surface area contributed by atoms with Gasteiger partial charge in [0.1, 0.15) is 6.61 Å². The van der Waals surface area contributed by atoms with Crippen LogP contribution < -0.4 is 0 Å². The summed E-state index contributed by atoms with van der Waals surface area (Å²) >= 11 is 0. The van der Waals surface area contributed by atoms with Gasteiger partial charge in [0.2, 0.25) is 0 Å². The number of ether oxygens (including phenoxy) is 3. The molecule has 1 unspecified atom stereocenters. The summed E-state index contributed by atoms with van der Waals surface area (Å²) in [7, 11) is 0. The smallest absolute Gasteiger partial charge is 0.309 e. The predicted octanol–water partition coefficient (Wildman–Crippen LogP) is 17.0. The molecule has 0 aliphatic rings. The first-order valence-corrected chi connectivity index (χ1v) is 25.1. The lowest BCUT2D eigenvalue weighted by atomic mass is 10.1. The van der Waals surface area contributed by atoms with Gasteiger partial charge in [0, 0.05) is 13.0 Å². The summed E-state index contributed by atoms with van der Waals surface area (Å²) in [4.78, 5) is 25.3. The summed E-state index contributed by atoms with van der Waals surface area (Å²) < 4.78 is 17.2. The van der Waals surface area contributed by atoms with Gasteiger partial charge in [-0.15, -0.1) is 0 Å². The molecule has 0 aromatic carbocycles. The van der Waals surface area contributed by atoms with Gasteiger partial charge in [-0.1, -0.05) is 200 Å². The molecule has 0 aliphatic carbocycles. The lowest BCUT2D eigenvalue weighted by Gasteiger charge is -2.18. The molecule has 0 amide bonds. The van der Waals surface area contributed by atoms with Crippen LogP contribution in [-0.4, -0.2) is 37.9 Å². The second-order valence-electron chi connectivity index (χ2n) is 16.0. The van der Waals surface area contributed by atoms with E-state index in [2.05, 4.69) is 130 Å². The van der Waals surface area contributed by atoms with E-state index in [-0.39, 0.29) is 31.6 Å². The Hall–Kier alpha value is -3.70. The van der Waals surface area contributed by atoms with E-state index in [0.29, 0.717) is 13.0 Å². The molecule has 0 N–H and O–H groups in total. The van der Waals surface area contributed by atoms with Gasteiger partial charge in [0.15, 0.2) is 6.10 Å². The molecule has 0 spiro atoms. The Kier molecular flexibility index (Phi) is 48.6. The second-order valence-corrected chi connectivity index (χ2v) is 16.0. The van der Waals surface area contributed by atoms with Crippen LogP contribution in [0, 0.1) is 0 Å². The van der Waals surface area contributed by atoms with Crippen LogP contribution in [0.3, 0.4) is 0 Å². The third kappa shape index (κ3) is 49.0. The highest BCUT2D eigenvalue weighted by atomic mass is 16.6. The molecule has 62 heavy (non-hydrogen) atoms. The highest BCUT2D eigenvalue weighted by Gasteiger charge is 2.17. The number of carbonyl (C=O) groups is 2. The number of hydrogen-bond acceptors (Lipinski definition) is 5. The van der Waals surface area contributed by atoms with Crippen molar-refractivity contribution in [1.82, 2.24) is 0 Å². The summed E-state index contributed by atoms with van der Waals surface area (Å²) in [6, 6.07) is 0. The van der Waals surface area contributed by atoms with Crippen LogP contribution in [0.15, 0.2) is 122 Å². The third-order valence-electron chi connectivity index (χ3n) is 10.00. The van der Waals surface area contributed by atoms with Gasteiger partial charge in [-0.25, -0.2) is 0 Å². The zero-order valence-electron chi connectivity index (χ0n) is 40.1. The summed E-state index contributed by atoms with van der Waals surface area (Å²) in [6.45, 7) is 7.40. The van der Waals surface area contributed by atoms with E-state index in [1.807, 2.05) is 12.2 Å². The Morgan fingerprint density at radius 3 is 1.24 bits per heavy atom. The molecule has 350 valence electrons. The number of rotatable bonds is 44. The van der Waals surface area contributed by atoms with Crippen molar-refractivity contribution in [3.8, 4) is 0 Å². The average Bonchev–Trinajstić information content (AvgIpc) is 3.27. The highest BCUT2D eigenvalue weighted by molar-refractivity contribution is 5.71. The summed E-state index contributed by atoms with van der Waals surface area (Å²) in [5.41, 5.74) is 0. The predicted molar refractivity (Wildman–Crippen MR) is 269 cm³/mol. The van der Waals surface area contributed by atoms with Crippen LogP contribution in [0.4, 0.5) is 0 Å². The van der Waals surface area contributed by atoms with E-state index in [1.165, 1.54) is 70.6 Å². The van der Waals surface area contributed by atoms with Gasteiger partial charge in [0.05, 0.1) is 13.0 Å². The maximum Gasteiger partial charge on any atom is 0.309 e. The van der Waals surface area contributed by atoms with Crippen LogP contribution in [0.1, 0.15) is 201 Å². The second kappa shape index (κ2) is 51.6. The van der Waals surface area contributed by atoms with Crippen molar-refractivity contribution in [1.29, 1.82) is 0 Å². The zero-order valence-corrected chi connectivity index (χ0v) is 40.1. The number of hydrogen-bond donors (Lipinski definition) is 0. The van der Waals surface area contributed by atoms with Gasteiger partial charge in [-0.05, 0) is 109 Å². The Labute approximate surface area is 382 Å². The molecule has 0 aliphatic heterocycles. The van der Waals surface area contributed by atoms with Crippen LogP contribution in [0.2, 0.25) is 0 Å². The normalized spacial score (nSPS) is 13.3. The van der Waals surface area contributed by atoms with Gasteiger partial charge in [-0.2, -0.15) is 0 Å². The van der Waals surface area contributed by atoms with E-state index in [4.69, 9.17) is 14.2 Å². The SMILES string of the molecule is CC/C=C\C/C=C\C/C=C\C/C=C\C/C=C\CC(=O)OCC(COCCCCCCCCCC/C=C\C/C=C\CCCCC)OC(=O)CCCCC/C=C\C/C=C\C/C=C\CC. The van der Waals surface area contributed by atoms with Crippen molar-refractivity contribution in [2.45, 2.75) is 207 Å². The minimum Gasteiger partial charge on any atom is -0.461 e. The van der Waals surface area contributed by atoms with Gasteiger partial charge < -0.3 is 14.2 Å². The van der Waals surface area contributed by atoms with E-state index < -0.39 is 6.10 Å². The maximum absolute atomic E-state index is 12.8. The molecular formula is C57H92O5. The Morgan fingerprint density at radius 2 is 0.774 bits per heavy atom. The lowest BCUT2D eigenvalue weighted by Crippen LogP contribution is -2.30. The van der Waals surface area contributed by atoms with E-state index in [0.717, 1.165) is 96.3 Å². The fourth-order valence-electron chi connectivity index (χ4n) is 6.33. The summed E-state index contributed by atoms with van der Waals surface area (Å²) in [5, 5.41) is 0. The molecule has 0 rings (SSSR count). The Balaban J connectivity index is 4.44. The van der Waals surface area contributed by atoms with Crippen LogP contribution in [0.5, 0.6) is 0 Å². The van der Waals surface area contributed by atoms with Crippen molar-refractivity contribution in [2.75, 3.05) is 19.8 Å². The van der Waals surface area contributed by atoms with Crippen molar-refractivity contribution in [3.63, 3.8) is 0 Å². The Bertz CT molecular complexity index is 1290. The first-order chi connectivity index (χ1) is 30.6. The van der Waals surface area contributed by atoms with Gasteiger partial charge >= 0.3 is 11.9 Å². The zero-order chi connectivity index (χ0) is 44.9. The van der Waals surface area contributed by atoms with Crippen molar-refractivity contribution in [3.05, 3.63) is 122 Å². The molecular weight excluding hydrogens is 765 g/mol. The maximum atomic E-state index is 12.8. The third-order valence-corrected chi connectivity index (χ3v) is 10.00. The van der Waals surface area contributed by atoms with Crippen molar-refractivity contribution >= 4 is 11.9 Å². The first kappa shape index (κ1) is 58.3. The Morgan fingerprint density at radius 1 is 0.387 bits per heavy atom. The molecule has 0 aromatic heterocycles. The fourth-order valence-corrected chi connectivity index (χ4v) is 6.33. The number of carbonyl (C=O) groups excluding carboxylic acids is 2. The number of unbranched alkanes of at least 4 members (excludes halogenated alkanes) is 14. The molecule has 1 atom stereocenters. The molecule has 0 heterocycles. The molecule has 0 radical (unpaired) electrons. The van der Waals surface area contributed by atoms with Crippen LogP contribution >= 0.6 is 0 Å². The minimum atomic E-state index is -0.602. The van der Waals surface area contributed by atoms with Crippen molar-refractivity contribution < 1.29 is 23.8 Å². The number of allylic oxidation sites excluding steroid dienone is 19. The topological polar surface area (TPSA) is 61.8 Å². The summed E-state index contributed by atoms with van der Waals surface area (Å²) in [6.07, 6.45) is 72.3. The van der Waals surface area contributed by atoms with Gasteiger partial charge in [-0.3, -0.25) is 9.59 Å². The molecule has 0 aromatic rings. The molecule has 0 bridgehead atoms. The quantitative estimate of drug-likeness (QED) is 0.0347. The largest absolute Gasteiger partial charge is 0.461 e. The summed E-state index contributed by atoms with van der Waals surface area (Å²) in [5.74, 6) is -0.590. The molecule has 5 heteroatoms. The fraction of sp³-hybridized carbons (Fsp3) is 0.614. The van der Waals surface area contributed by atoms with E-state index in [9.17, 15) is 9.59 Å². The molecule has 5 nitrogen and oxygen atoms in total. The monoisotopic (exact) mass is 857 g/mol. The minimum absolute atomic E-state index is 0.00930. The molecule has 0 saturated heterocycles. The highest BCUT2D eigenvalue weighted by Crippen LogP contribution is 2.12. The standard InChI is InChI=1S/C57H92O5/c1-4-7-10-13-16-19-22-25-27-28-29-31-34-37-40-43-46-49-52-60-53-55(62-57(59)51-48-45-42-39-36-32-24-21-18-15-12-9-6-3)54-61-56(58)50-47-44-41-38-35-33-30-26-23-20-17-14-11-8-5-2/h8-9,11-12,16-21,25-27,30,32,35-36,38,44,47,55H,4-7,10,13-15,22-24,28-29,31,33-34,37,39-43,45-46,48-54H2,1-3H3/b11-8-,12-9-,19-16-,20-17-,21-18-,27-25-,30-26-,36-32-,38-35-,47-44-. The molecule has 0 saturated carbocycles. The van der Waals surface area contributed by atoms with Crippen LogP contribution in [0.25, 0.3) is 0 Å². The van der Waals surface area contributed by atoms with Crippen LogP contribution in [-0.2, 0) is 23.8 Å². The number of esters is 2. The lowest BCUT2D eigenvalue weighted by molar-refractivity contribution is -0.162.